The summed E-state index contributed by atoms with van der Waals surface area (Å²) in [6.45, 7) is 0.579. The molecule has 3 aliphatic rings. The first-order valence-electron chi connectivity index (χ1n) is 10.2. The van der Waals surface area contributed by atoms with Crippen LogP contribution in [-0.2, 0) is 16.0 Å². The smallest absolute Gasteiger partial charge is 0.228 e. The standard InChI is InChI=1S/C22H28N2O4S/c1-27-18-6-3-13(11-19(18)28-2)7-9-23-21(25)14-4-5-15-17(12-14)24-22(26)16-8-10-29-20(15)16/h3,6,8,10-11,14-17,20H,4-5,7,9,12H2,1-2H3,(H,23,25)(H,24,26). The van der Waals surface area contributed by atoms with Gasteiger partial charge in [-0.3, -0.25) is 9.59 Å². The maximum absolute atomic E-state index is 12.7. The van der Waals surface area contributed by atoms with Crippen molar-refractivity contribution in [2.24, 2.45) is 17.8 Å². The summed E-state index contributed by atoms with van der Waals surface area (Å²) in [6, 6.07) is 5.93. The molecule has 0 bridgehead atoms. The van der Waals surface area contributed by atoms with Gasteiger partial charge in [0.1, 0.15) is 0 Å². The number of thioether (sulfide) groups is 1. The predicted molar refractivity (Wildman–Crippen MR) is 113 cm³/mol. The normalized spacial score (nSPS) is 30.1. The molecule has 29 heavy (non-hydrogen) atoms. The minimum Gasteiger partial charge on any atom is -0.493 e. The maximum atomic E-state index is 12.7. The molecule has 5 atom stereocenters. The highest BCUT2D eigenvalue weighted by Gasteiger charge is 2.47. The molecule has 2 heterocycles. The fraction of sp³-hybridized carbons (Fsp3) is 0.545. The van der Waals surface area contributed by atoms with Crippen LogP contribution in [0.3, 0.4) is 0 Å². The molecule has 0 spiro atoms. The highest BCUT2D eigenvalue weighted by Crippen LogP contribution is 2.45. The summed E-state index contributed by atoms with van der Waals surface area (Å²) in [5.74, 6) is 2.05. The molecule has 4 rings (SSSR count). The van der Waals surface area contributed by atoms with Crippen molar-refractivity contribution < 1.29 is 19.1 Å². The molecule has 0 radical (unpaired) electrons. The van der Waals surface area contributed by atoms with E-state index in [-0.39, 0.29) is 29.7 Å². The third-order valence-electron chi connectivity index (χ3n) is 6.36. The minimum atomic E-state index is -0.0298. The number of amides is 2. The van der Waals surface area contributed by atoms with E-state index in [1.165, 1.54) is 0 Å². The lowest BCUT2D eigenvalue weighted by molar-refractivity contribution is -0.131. The van der Waals surface area contributed by atoms with Crippen LogP contribution in [0.1, 0.15) is 24.8 Å². The van der Waals surface area contributed by atoms with Gasteiger partial charge in [0.2, 0.25) is 11.8 Å². The zero-order chi connectivity index (χ0) is 20.4. The highest BCUT2D eigenvalue weighted by atomic mass is 32.2. The monoisotopic (exact) mass is 416 g/mol. The second kappa shape index (κ2) is 8.69. The Bertz CT molecular complexity index is 812. The Morgan fingerprint density at radius 3 is 2.86 bits per heavy atom. The van der Waals surface area contributed by atoms with Crippen LogP contribution in [0.5, 0.6) is 11.5 Å². The summed E-state index contributed by atoms with van der Waals surface area (Å²) in [5, 5.41) is 8.66. The summed E-state index contributed by atoms with van der Waals surface area (Å²) < 4.78 is 10.6. The number of methoxy groups -OCH3 is 2. The molecular formula is C22H28N2O4S. The molecule has 1 saturated heterocycles. The molecule has 2 fully saturated rings. The summed E-state index contributed by atoms with van der Waals surface area (Å²) in [7, 11) is 3.23. The van der Waals surface area contributed by atoms with Crippen molar-refractivity contribution in [2.45, 2.75) is 37.0 Å². The third kappa shape index (κ3) is 4.10. The molecule has 1 aromatic rings. The Hall–Kier alpha value is -2.15. The number of ether oxygens (including phenoxy) is 2. The van der Waals surface area contributed by atoms with Crippen LogP contribution in [0.4, 0.5) is 0 Å². The third-order valence-corrected chi connectivity index (χ3v) is 7.63. The quantitative estimate of drug-likeness (QED) is 0.745. The SMILES string of the molecule is COc1ccc(CCNC(=O)C2CCC3C(C2)NC(=O)C2C=CSC23)cc1OC. The average Bonchev–Trinajstić information content (AvgIpc) is 3.24. The second-order valence-electron chi connectivity index (χ2n) is 7.97. The van der Waals surface area contributed by atoms with Crippen LogP contribution in [0.15, 0.2) is 29.7 Å². The Labute approximate surface area is 175 Å². The number of fused-ring (bicyclic) bond motifs is 3. The van der Waals surface area contributed by atoms with Gasteiger partial charge in [-0.15, -0.1) is 11.8 Å². The van der Waals surface area contributed by atoms with Gasteiger partial charge in [-0.1, -0.05) is 12.1 Å². The zero-order valence-corrected chi connectivity index (χ0v) is 17.7. The van der Waals surface area contributed by atoms with Crippen LogP contribution < -0.4 is 20.1 Å². The predicted octanol–water partition coefficient (Wildman–Crippen LogP) is 2.52. The molecule has 2 aliphatic heterocycles. The van der Waals surface area contributed by atoms with E-state index in [2.05, 4.69) is 16.0 Å². The van der Waals surface area contributed by atoms with Gasteiger partial charge in [-0.05, 0) is 54.7 Å². The molecule has 1 aromatic carbocycles. The van der Waals surface area contributed by atoms with Gasteiger partial charge in [0, 0.05) is 23.8 Å². The Balaban J connectivity index is 1.28. The number of piperidine rings is 1. The molecule has 5 unspecified atom stereocenters. The molecule has 2 N–H and O–H groups in total. The van der Waals surface area contributed by atoms with E-state index < -0.39 is 0 Å². The Morgan fingerprint density at radius 2 is 2.07 bits per heavy atom. The molecule has 2 amide bonds. The van der Waals surface area contributed by atoms with Crippen LogP contribution in [0.2, 0.25) is 0 Å². The first kappa shape index (κ1) is 20.1. The molecule has 156 valence electrons. The number of hydrogen-bond acceptors (Lipinski definition) is 5. The summed E-state index contributed by atoms with van der Waals surface area (Å²) >= 11 is 1.78. The Kier molecular flexibility index (Phi) is 6.04. The van der Waals surface area contributed by atoms with Gasteiger partial charge in [0.15, 0.2) is 11.5 Å². The molecular weight excluding hydrogens is 388 g/mol. The first-order chi connectivity index (χ1) is 14.1. The highest BCUT2D eigenvalue weighted by molar-refractivity contribution is 8.03. The van der Waals surface area contributed by atoms with Crippen molar-refractivity contribution in [3.05, 3.63) is 35.2 Å². The lowest BCUT2D eigenvalue weighted by atomic mass is 9.71. The van der Waals surface area contributed by atoms with Crippen LogP contribution in [0, 0.1) is 17.8 Å². The van der Waals surface area contributed by atoms with E-state index in [9.17, 15) is 9.59 Å². The fourth-order valence-electron chi connectivity index (χ4n) is 4.80. The number of hydrogen-bond donors (Lipinski definition) is 2. The lowest BCUT2D eigenvalue weighted by Crippen LogP contribution is -2.57. The van der Waals surface area contributed by atoms with Gasteiger partial charge < -0.3 is 20.1 Å². The number of nitrogens with one attached hydrogen (secondary N) is 2. The fourth-order valence-corrected chi connectivity index (χ4v) is 6.15. The maximum Gasteiger partial charge on any atom is 0.228 e. The summed E-state index contributed by atoms with van der Waals surface area (Å²) in [6.07, 6.45) is 5.38. The lowest BCUT2D eigenvalue weighted by Gasteiger charge is -2.44. The number of benzene rings is 1. The van der Waals surface area contributed by atoms with Crippen molar-refractivity contribution in [3.63, 3.8) is 0 Å². The molecule has 7 heteroatoms. The Morgan fingerprint density at radius 1 is 1.24 bits per heavy atom. The van der Waals surface area contributed by atoms with Gasteiger partial charge in [0.05, 0.1) is 20.1 Å². The van der Waals surface area contributed by atoms with E-state index in [0.29, 0.717) is 29.2 Å². The van der Waals surface area contributed by atoms with Crippen molar-refractivity contribution in [1.29, 1.82) is 0 Å². The molecule has 1 saturated carbocycles. The van der Waals surface area contributed by atoms with Gasteiger partial charge >= 0.3 is 0 Å². The van der Waals surface area contributed by atoms with E-state index in [1.54, 1.807) is 26.0 Å². The molecule has 6 nitrogen and oxygen atoms in total. The van der Waals surface area contributed by atoms with Crippen LogP contribution in [0.25, 0.3) is 0 Å². The zero-order valence-electron chi connectivity index (χ0n) is 16.9. The van der Waals surface area contributed by atoms with E-state index >= 15 is 0 Å². The van der Waals surface area contributed by atoms with Crippen molar-refractivity contribution in [2.75, 3.05) is 20.8 Å². The summed E-state index contributed by atoms with van der Waals surface area (Å²) in [5.41, 5.74) is 1.09. The van der Waals surface area contributed by atoms with Gasteiger partial charge in [0.25, 0.3) is 0 Å². The van der Waals surface area contributed by atoms with E-state index in [4.69, 9.17) is 9.47 Å². The second-order valence-corrected chi connectivity index (χ2v) is 9.06. The molecule has 1 aliphatic carbocycles. The largest absolute Gasteiger partial charge is 0.493 e. The minimum absolute atomic E-state index is 0.00751. The average molecular weight is 417 g/mol. The van der Waals surface area contributed by atoms with Gasteiger partial charge in [-0.25, -0.2) is 0 Å². The number of carbonyl (C=O) groups excluding carboxylic acids is 2. The van der Waals surface area contributed by atoms with E-state index in [0.717, 1.165) is 31.2 Å². The topological polar surface area (TPSA) is 76.7 Å². The van der Waals surface area contributed by atoms with E-state index in [1.807, 2.05) is 24.3 Å². The molecule has 0 aromatic heterocycles. The van der Waals surface area contributed by atoms with Crippen LogP contribution in [-0.4, -0.2) is 43.9 Å². The number of carbonyl (C=O) groups is 2. The first-order valence-corrected chi connectivity index (χ1v) is 11.2. The number of rotatable bonds is 6. The van der Waals surface area contributed by atoms with Crippen molar-refractivity contribution in [1.82, 2.24) is 10.6 Å². The summed E-state index contributed by atoms with van der Waals surface area (Å²) in [4.78, 5) is 25.0. The van der Waals surface area contributed by atoms with Crippen molar-refractivity contribution >= 4 is 23.6 Å². The van der Waals surface area contributed by atoms with Gasteiger partial charge in [-0.2, -0.15) is 0 Å². The van der Waals surface area contributed by atoms with Crippen LogP contribution >= 0.6 is 11.8 Å². The van der Waals surface area contributed by atoms with Crippen molar-refractivity contribution in [3.8, 4) is 11.5 Å².